The van der Waals surface area contributed by atoms with Crippen LogP contribution in [0, 0.1) is 10.1 Å². The molecule has 0 saturated heterocycles. The number of esters is 1. The second-order valence-electron chi connectivity index (χ2n) is 3.67. The number of benzene rings is 1. The lowest BCUT2D eigenvalue weighted by molar-refractivity contribution is -0.386. The van der Waals surface area contributed by atoms with Gasteiger partial charge in [-0.25, -0.2) is 0 Å². The second-order valence-corrected chi connectivity index (χ2v) is 4.23. The van der Waals surface area contributed by atoms with Gasteiger partial charge in [0.25, 0.3) is 5.69 Å². The average Bonchev–Trinajstić information content (AvgIpc) is 2.37. The number of methoxy groups -OCH3 is 1. The van der Waals surface area contributed by atoms with Crippen molar-refractivity contribution in [3.63, 3.8) is 0 Å². The Labute approximate surface area is 119 Å². The van der Waals surface area contributed by atoms with E-state index in [1.807, 2.05) is 0 Å². The van der Waals surface area contributed by atoms with E-state index in [-0.39, 0.29) is 24.3 Å². The zero-order valence-electron chi connectivity index (χ0n) is 10.6. The van der Waals surface area contributed by atoms with Gasteiger partial charge in [0.15, 0.2) is 0 Å². The Morgan fingerprint density at radius 1 is 1.42 bits per heavy atom. The molecule has 0 saturated carbocycles. The quantitative estimate of drug-likeness (QED) is 0.346. The second kappa shape index (κ2) is 7.08. The molecule has 0 aliphatic heterocycles. The molecule has 0 spiro atoms. The number of nitro groups is 1. The van der Waals surface area contributed by atoms with Gasteiger partial charge in [0, 0.05) is 16.5 Å². The predicted octanol–water partition coefficient (Wildman–Crippen LogP) is 2.60. The maximum absolute atomic E-state index is 11.5. The average molecular weight is 332 g/mol. The fraction of sp³-hybridized carbons (Fsp3) is 0.417. The van der Waals surface area contributed by atoms with Crippen LogP contribution >= 0.6 is 15.9 Å². The molecule has 0 unspecified atom stereocenters. The van der Waals surface area contributed by atoms with Crippen LogP contribution in [0.3, 0.4) is 0 Å². The number of ether oxygens (including phenoxy) is 2. The summed E-state index contributed by atoms with van der Waals surface area (Å²) in [7, 11) is 1.47. The Morgan fingerprint density at radius 2 is 2.05 bits per heavy atom. The summed E-state index contributed by atoms with van der Waals surface area (Å²) in [6, 6.07) is 3.06. The number of hydrogen-bond donors (Lipinski definition) is 0. The molecule has 0 atom stereocenters. The largest absolute Gasteiger partial charge is 0.497 e. The maximum atomic E-state index is 11.5. The molecule has 6 nitrogen and oxygen atoms in total. The SMILES string of the molecule is CCOC(=O)Cc1cc(OC)cc(CBr)c1[N+](=O)[O-]. The van der Waals surface area contributed by atoms with Gasteiger partial charge in [-0.05, 0) is 19.1 Å². The van der Waals surface area contributed by atoms with Gasteiger partial charge in [0.05, 0.1) is 25.1 Å². The molecule has 0 aliphatic rings. The standard InChI is InChI=1S/C12H14BrNO5/c1-3-19-11(15)6-8-4-10(18-2)5-9(7-13)12(8)14(16)17/h4-5H,3,6-7H2,1-2H3. The summed E-state index contributed by atoms with van der Waals surface area (Å²) in [5.74, 6) is -0.0290. The van der Waals surface area contributed by atoms with Crippen molar-refractivity contribution in [3.05, 3.63) is 33.4 Å². The summed E-state index contributed by atoms with van der Waals surface area (Å²) >= 11 is 3.19. The predicted molar refractivity (Wildman–Crippen MR) is 72.6 cm³/mol. The van der Waals surface area contributed by atoms with E-state index < -0.39 is 10.9 Å². The van der Waals surface area contributed by atoms with Gasteiger partial charge in [-0.1, -0.05) is 15.9 Å². The van der Waals surface area contributed by atoms with Gasteiger partial charge in [0.2, 0.25) is 0 Å². The fourth-order valence-corrected chi connectivity index (χ4v) is 2.11. The fourth-order valence-electron chi connectivity index (χ4n) is 1.68. The van der Waals surface area contributed by atoms with Crippen LogP contribution in [0.15, 0.2) is 12.1 Å². The van der Waals surface area contributed by atoms with E-state index >= 15 is 0 Å². The number of carbonyl (C=O) groups is 1. The molecule has 19 heavy (non-hydrogen) atoms. The van der Waals surface area contributed by atoms with E-state index in [1.165, 1.54) is 13.2 Å². The van der Waals surface area contributed by atoms with Crippen molar-refractivity contribution in [2.24, 2.45) is 0 Å². The van der Waals surface area contributed by atoms with Crippen LogP contribution in [-0.4, -0.2) is 24.6 Å². The Morgan fingerprint density at radius 3 is 2.53 bits per heavy atom. The minimum absolute atomic E-state index is 0.0780. The molecule has 0 fully saturated rings. The minimum atomic E-state index is -0.501. The van der Waals surface area contributed by atoms with Crippen LogP contribution in [0.2, 0.25) is 0 Å². The molecule has 104 valence electrons. The van der Waals surface area contributed by atoms with Crippen LogP contribution in [0.25, 0.3) is 0 Å². The third-order valence-corrected chi connectivity index (χ3v) is 3.05. The van der Waals surface area contributed by atoms with Crippen molar-refractivity contribution < 1.29 is 19.2 Å². The van der Waals surface area contributed by atoms with Crippen LogP contribution in [0.5, 0.6) is 5.75 Å². The zero-order chi connectivity index (χ0) is 14.4. The van der Waals surface area contributed by atoms with Gasteiger partial charge in [0.1, 0.15) is 5.75 Å². The number of alkyl halides is 1. The normalized spacial score (nSPS) is 10.1. The van der Waals surface area contributed by atoms with E-state index in [2.05, 4.69) is 15.9 Å². The third kappa shape index (κ3) is 3.92. The molecule has 0 N–H and O–H groups in total. The van der Waals surface area contributed by atoms with Crippen molar-refractivity contribution in [1.29, 1.82) is 0 Å². The van der Waals surface area contributed by atoms with Crippen molar-refractivity contribution in [3.8, 4) is 5.75 Å². The lowest BCUT2D eigenvalue weighted by Crippen LogP contribution is -2.10. The topological polar surface area (TPSA) is 78.7 Å². The van der Waals surface area contributed by atoms with Gasteiger partial charge in [-0.2, -0.15) is 0 Å². The van der Waals surface area contributed by atoms with Crippen molar-refractivity contribution in [2.75, 3.05) is 13.7 Å². The summed E-state index contributed by atoms with van der Waals surface area (Å²) in [6.07, 6.45) is -0.151. The maximum Gasteiger partial charge on any atom is 0.310 e. The number of rotatable bonds is 6. The first kappa shape index (κ1) is 15.4. The van der Waals surface area contributed by atoms with E-state index in [4.69, 9.17) is 9.47 Å². The van der Waals surface area contributed by atoms with Crippen molar-refractivity contribution in [1.82, 2.24) is 0 Å². The Bertz CT molecular complexity index is 489. The molecule has 0 aliphatic carbocycles. The molecule has 1 aromatic rings. The van der Waals surface area contributed by atoms with Crippen LogP contribution in [-0.2, 0) is 21.3 Å². The summed E-state index contributed by atoms with van der Waals surface area (Å²) in [6.45, 7) is 1.92. The van der Waals surface area contributed by atoms with E-state index in [1.54, 1.807) is 13.0 Å². The van der Waals surface area contributed by atoms with Gasteiger partial charge >= 0.3 is 5.97 Å². The molecule has 1 rings (SSSR count). The molecular formula is C12H14BrNO5. The molecule has 0 amide bonds. The Kier molecular flexibility index (Phi) is 5.75. The number of hydrogen-bond acceptors (Lipinski definition) is 5. The highest BCUT2D eigenvalue weighted by Gasteiger charge is 2.23. The number of halogens is 1. The Hall–Kier alpha value is -1.63. The van der Waals surface area contributed by atoms with E-state index in [0.717, 1.165) is 0 Å². The van der Waals surface area contributed by atoms with Crippen molar-refractivity contribution >= 4 is 27.6 Å². The van der Waals surface area contributed by atoms with Gasteiger partial charge in [-0.3, -0.25) is 14.9 Å². The number of carbonyl (C=O) groups excluding carboxylic acids is 1. The van der Waals surface area contributed by atoms with E-state index in [0.29, 0.717) is 16.6 Å². The summed E-state index contributed by atoms with van der Waals surface area (Å²) < 4.78 is 9.89. The van der Waals surface area contributed by atoms with Gasteiger partial charge < -0.3 is 9.47 Å². The van der Waals surface area contributed by atoms with Crippen LogP contribution in [0.4, 0.5) is 5.69 Å². The lowest BCUT2D eigenvalue weighted by atomic mass is 10.0. The molecule has 1 aromatic carbocycles. The first-order chi connectivity index (χ1) is 9.03. The molecule has 0 aromatic heterocycles. The molecule has 0 bridgehead atoms. The molecular weight excluding hydrogens is 318 g/mol. The molecule has 7 heteroatoms. The number of nitrogens with zero attached hydrogens (tertiary/aromatic N) is 1. The first-order valence-corrected chi connectivity index (χ1v) is 6.71. The minimum Gasteiger partial charge on any atom is -0.497 e. The summed E-state index contributed by atoms with van der Waals surface area (Å²) in [4.78, 5) is 22.1. The van der Waals surface area contributed by atoms with Crippen LogP contribution < -0.4 is 4.74 Å². The highest BCUT2D eigenvalue weighted by Crippen LogP contribution is 2.31. The van der Waals surface area contributed by atoms with Gasteiger partial charge in [-0.15, -0.1) is 0 Å². The smallest absolute Gasteiger partial charge is 0.310 e. The first-order valence-electron chi connectivity index (χ1n) is 5.59. The molecule has 0 heterocycles. The Balaban J connectivity index is 3.25. The summed E-state index contributed by atoms with van der Waals surface area (Å²) in [5, 5.41) is 11.4. The molecule has 0 radical (unpaired) electrons. The number of nitro benzene ring substituents is 1. The van der Waals surface area contributed by atoms with E-state index in [9.17, 15) is 14.9 Å². The highest BCUT2D eigenvalue weighted by molar-refractivity contribution is 9.08. The summed E-state index contributed by atoms with van der Waals surface area (Å²) in [5.41, 5.74) is 0.673. The van der Waals surface area contributed by atoms with Crippen LogP contribution in [0.1, 0.15) is 18.1 Å². The monoisotopic (exact) mass is 331 g/mol. The highest BCUT2D eigenvalue weighted by atomic mass is 79.9. The van der Waals surface area contributed by atoms with Crippen molar-refractivity contribution in [2.45, 2.75) is 18.7 Å². The third-order valence-electron chi connectivity index (χ3n) is 2.44. The lowest BCUT2D eigenvalue weighted by Gasteiger charge is -2.09. The zero-order valence-corrected chi connectivity index (χ0v) is 12.2.